The van der Waals surface area contributed by atoms with Crippen LogP contribution >= 0.6 is 0 Å². The Kier molecular flexibility index (Phi) is 9.70. The minimum atomic E-state index is -0.506. The van der Waals surface area contributed by atoms with Gasteiger partial charge in [-0.05, 0) is 50.8 Å². The predicted molar refractivity (Wildman–Crippen MR) is 137 cm³/mol. The number of rotatable bonds is 10. The number of hydrogen-bond donors (Lipinski definition) is 0. The van der Waals surface area contributed by atoms with Crippen molar-refractivity contribution >= 4 is 23.5 Å². The van der Waals surface area contributed by atoms with Crippen molar-refractivity contribution in [3.8, 4) is 0 Å². The van der Waals surface area contributed by atoms with Crippen LogP contribution in [0.4, 0.5) is 5.69 Å². The summed E-state index contributed by atoms with van der Waals surface area (Å²) in [5, 5.41) is 0. The van der Waals surface area contributed by atoms with E-state index < -0.39 is 5.97 Å². The van der Waals surface area contributed by atoms with Crippen LogP contribution in [0.2, 0.25) is 0 Å². The van der Waals surface area contributed by atoms with Crippen molar-refractivity contribution in [3.05, 3.63) is 29.8 Å². The first-order valence-electron chi connectivity index (χ1n) is 13.4. The molecule has 3 aliphatic rings. The molecular weight excluding hydrogens is 476 g/mol. The smallest absolute Gasteiger partial charge is 0.340 e. The molecule has 37 heavy (non-hydrogen) atoms. The van der Waals surface area contributed by atoms with Crippen LogP contribution in [0.25, 0.3) is 0 Å². The topological polar surface area (TPSA) is 94.6 Å². The summed E-state index contributed by atoms with van der Waals surface area (Å²) < 4.78 is 23.0. The summed E-state index contributed by atoms with van der Waals surface area (Å²) in [6, 6.07) is 6.67. The average molecular weight is 517 g/mol. The van der Waals surface area contributed by atoms with E-state index in [4.69, 9.17) is 18.9 Å². The van der Waals surface area contributed by atoms with Crippen molar-refractivity contribution < 1.29 is 33.3 Å². The number of para-hydroxylation sites is 1. The Morgan fingerprint density at radius 3 is 2.41 bits per heavy atom. The highest BCUT2D eigenvalue weighted by molar-refractivity contribution is 6.22. The van der Waals surface area contributed by atoms with Gasteiger partial charge < -0.3 is 23.8 Å². The fraction of sp³-hybridized carbons (Fsp3) is 0.679. The van der Waals surface area contributed by atoms with Gasteiger partial charge in [0.25, 0.3) is 0 Å². The second-order valence-electron chi connectivity index (χ2n) is 10.5. The molecule has 0 spiro atoms. The Morgan fingerprint density at radius 1 is 1.03 bits per heavy atom. The first kappa shape index (κ1) is 27.7. The van der Waals surface area contributed by atoms with E-state index in [2.05, 4.69) is 4.90 Å². The summed E-state index contributed by atoms with van der Waals surface area (Å²) in [6.45, 7) is 5.34. The number of imide groups is 1. The van der Waals surface area contributed by atoms with Crippen molar-refractivity contribution in [2.24, 2.45) is 11.8 Å². The van der Waals surface area contributed by atoms with Gasteiger partial charge in [0.05, 0.1) is 42.8 Å². The predicted octanol–water partition coefficient (Wildman–Crippen LogP) is 3.05. The highest BCUT2D eigenvalue weighted by Crippen LogP contribution is 2.30. The van der Waals surface area contributed by atoms with Crippen molar-refractivity contribution in [1.29, 1.82) is 0 Å². The van der Waals surface area contributed by atoms with Crippen LogP contribution in [0.1, 0.15) is 55.8 Å². The molecule has 1 aliphatic carbocycles. The molecule has 0 bridgehead atoms. The van der Waals surface area contributed by atoms with Gasteiger partial charge in [-0.1, -0.05) is 19.1 Å². The molecule has 2 saturated heterocycles. The lowest BCUT2D eigenvalue weighted by Crippen LogP contribution is -2.41. The standard InChI is InChI=1S/C28H40N2O7/c1-19-13-26(31)30(27(19)32)25-9-5-4-8-24(25)28(33)37-18-20-7-6-10-29(17-20)11-12-36-23-15-21(34-2)14-22(16-23)35-3/h4-5,8-9,19-23H,6-7,10-18H2,1-3H3/t19?,20?,21-,22+,23?. The maximum absolute atomic E-state index is 13.0. The lowest BCUT2D eigenvalue weighted by molar-refractivity contribution is -0.122. The van der Waals surface area contributed by atoms with Crippen molar-refractivity contribution in [2.75, 3.05) is 52.0 Å². The fourth-order valence-electron chi connectivity index (χ4n) is 5.68. The molecule has 1 aromatic carbocycles. The number of ether oxygens (including phenoxy) is 4. The molecule has 2 amide bonds. The summed E-state index contributed by atoms with van der Waals surface area (Å²) >= 11 is 0. The molecule has 204 valence electrons. The Labute approximate surface area is 219 Å². The largest absolute Gasteiger partial charge is 0.462 e. The molecule has 4 rings (SSSR count). The van der Waals surface area contributed by atoms with E-state index in [0.717, 1.165) is 56.6 Å². The number of nitrogens with zero attached hydrogens (tertiary/aromatic N) is 2. The molecule has 5 atom stereocenters. The van der Waals surface area contributed by atoms with Crippen molar-refractivity contribution in [2.45, 2.75) is 63.8 Å². The first-order chi connectivity index (χ1) is 17.9. The van der Waals surface area contributed by atoms with Crippen LogP contribution in [0.15, 0.2) is 24.3 Å². The maximum Gasteiger partial charge on any atom is 0.340 e. The number of carbonyl (C=O) groups is 3. The SMILES string of the molecule is CO[C@@H]1CC(OCCN2CCCC(COC(=O)c3ccccc3N3C(=O)CC(C)C3=O)C2)C[C@H](OC)C1. The van der Waals surface area contributed by atoms with Crippen LogP contribution in [0.3, 0.4) is 0 Å². The van der Waals surface area contributed by atoms with Gasteiger partial charge >= 0.3 is 5.97 Å². The normalized spacial score (nSPS) is 29.1. The Bertz CT molecular complexity index is 942. The Hall–Kier alpha value is -2.33. The second-order valence-corrected chi connectivity index (χ2v) is 10.5. The first-order valence-corrected chi connectivity index (χ1v) is 13.4. The quantitative estimate of drug-likeness (QED) is 0.346. The third-order valence-corrected chi connectivity index (χ3v) is 7.80. The van der Waals surface area contributed by atoms with E-state index in [0.29, 0.717) is 18.9 Å². The zero-order valence-corrected chi connectivity index (χ0v) is 22.2. The molecule has 3 fully saturated rings. The monoisotopic (exact) mass is 516 g/mol. The summed E-state index contributed by atoms with van der Waals surface area (Å²) in [7, 11) is 3.48. The third kappa shape index (κ3) is 6.96. The fourth-order valence-corrected chi connectivity index (χ4v) is 5.68. The molecule has 0 N–H and O–H groups in total. The van der Waals surface area contributed by atoms with Gasteiger partial charge in [-0.25, -0.2) is 9.69 Å². The summed E-state index contributed by atoms with van der Waals surface area (Å²) in [5.41, 5.74) is 0.555. The van der Waals surface area contributed by atoms with E-state index >= 15 is 0 Å². The number of amides is 2. The zero-order chi connectivity index (χ0) is 26.4. The minimum absolute atomic E-state index is 0.141. The molecule has 0 radical (unpaired) electrons. The summed E-state index contributed by atoms with van der Waals surface area (Å²) in [5.74, 6) is -1.22. The Morgan fingerprint density at radius 2 is 1.73 bits per heavy atom. The third-order valence-electron chi connectivity index (χ3n) is 7.80. The minimum Gasteiger partial charge on any atom is -0.462 e. The van der Waals surface area contributed by atoms with E-state index in [1.165, 1.54) is 0 Å². The van der Waals surface area contributed by atoms with Gasteiger partial charge in [0, 0.05) is 45.6 Å². The maximum atomic E-state index is 13.0. The number of likely N-dealkylation sites (tertiary alicyclic amines) is 1. The van der Waals surface area contributed by atoms with E-state index in [1.54, 1.807) is 45.4 Å². The van der Waals surface area contributed by atoms with Gasteiger partial charge in [0.2, 0.25) is 11.8 Å². The molecule has 9 heteroatoms. The van der Waals surface area contributed by atoms with Crippen LogP contribution in [0, 0.1) is 11.8 Å². The zero-order valence-electron chi connectivity index (χ0n) is 22.2. The second kappa shape index (κ2) is 13.0. The summed E-state index contributed by atoms with van der Waals surface area (Å²) in [4.78, 5) is 41.3. The number of hydrogen-bond acceptors (Lipinski definition) is 8. The molecule has 3 unspecified atom stereocenters. The van der Waals surface area contributed by atoms with Gasteiger partial charge in [-0.3, -0.25) is 9.59 Å². The van der Waals surface area contributed by atoms with Crippen molar-refractivity contribution in [3.63, 3.8) is 0 Å². The number of benzene rings is 1. The Balaban J connectivity index is 1.25. The van der Waals surface area contributed by atoms with Crippen LogP contribution in [0.5, 0.6) is 0 Å². The van der Waals surface area contributed by atoms with Gasteiger partial charge in [0.15, 0.2) is 0 Å². The van der Waals surface area contributed by atoms with Gasteiger partial charge in [-0.2, -0.15) is 0 Å². The number of anilines is 1. The van der Waals surface area contributed by atoms with Crippen molar-refractivity contribution in [1.82, 2.24) is 4.90 Å². The van der Waals surface area contributed by atoms with Gasteiger partial charge in [-0.15, -0.1) is 0 Å². The van der Waals surface area contributed by atoms with Crippen LogP contribution < -0.4 is 4.90 Å². The molecule has 2 aliphatic heterocycles. The number of carbonyl (C=O) groups excluding carboxylic acids is 3. The van der Waals surface area contributed by atoms with E-state index in [9.17, 15) is 14.4 Å². The highest BCUT2D eigenvalue weighted by Gasteiger charge is 2.38. The lowest BCUT2D eigenvalue weighted by atomic mass is 9.92. The average Bonchev–Trinajstić information content (AvgIpc) is 3.17. The highest BCUT2D eigenvalue weighted by atomic mass is 16.5. The van der Waals surface area contributed by atoms with Gasteiger partial charge in [0.1, 0.15) is 0 Å². The number of piperidine rings is 1. The molecule has 2 heterocycles. The van der Waals surface area contributed by atoms with Crippen LogP contribution in [-0.4, -0.2) is 88.1 Å². The number of methoxy groups -OCH3 is 2. The van der Waals surface area contributed by atoms with E-state index in [-0.39, 0.29) is 53.9 Å². The molecular formula is C28H40N2O7. The molecule has 9 nitrogen and oxygen atoms in total. The summed E-state index contributed by atoms with van der Waals surface area (Å²) in [6.07, 6.45) is 5.37. The van der Waals surface area contributed by atoms with E-state index in [1.807, 2.05) is 0 Å². The van der Waals surface area contributed by atoms with Crippen LogP contribution in [-0.2, 0) is 28.5 Å². The molecule has 1 saturated carbocycles. The molecule has 1 aromatic rings. The number of esters is 1. The molecule has 0 aromatic heterocycles. The lowest BCUT2D eigenvalue weighted by Gasteiger charge is -2.35.